The van der Waals surface area contributed by atoms with Gasteiger partial charge in [-0.3, -0.25) is 4.79 Å². The molecule has 2 aromatic carbocycles. The van der Waals surface area contributed by atoms with Crippen LogP contribution in [0.25, 0.3) is 5.57 Å². The number of phenols is 1. The van der Waals surface area contributed by atoms with Crippen LogP contribution in [0.4, 0.5) is 8.78 Å². The number of rotatable bonds is 2. The zero-order chi connectivity index (χ0) is 22.0. The van der Waals surface area contributed by atoms with Crippen molar-refractivity contribution in [2.24, 2.45) is 0 Å². The van der Waals surface area contributed by atoms with Crippen LogP contribution in [0.5, 0.6) is 5.75 Å². The summed E-state index contributed by atoms with van der Waals surface area (Å²) in [6.07, 6.45) is 3.54. The Morgan fingerprint density at radius 2 is 1.80 bits per heavy atom. The van der Waals surface area contributed by atoms with Crippen molar-refractivity contribution in [1.29, 1.82) is 0 Å². The van der Waals surface area contributed by atoms with Crippen LogP contribution in [0, 0.1) is 18.6 Å². The number of aliphatic hydroxyl groups is 1. The molecule has 2 aliphatic rings. The predicted octanol–water partition coefficient (Wildman–Crippen LogP) is 4.37. The van der Waals surface area contributed by atoms with Gasteiger partial charge in [0, 0.05) is 11.1 Å². The molecule has 4 rings (SSSR count). The number of hydrogen-bond donors (Lipinski definition) is 2. The van der Waals surface area contributed by atoms with Crippen LogP contribution in [0.15, 0.2) is 53.3 Å². The molecule has 0 aromatic heterocycles. The molecule has 3 nitrogen and oxygen atoms in total. The van der Waals surface area contributed by atoms with Gasteiger partial charge < -0.3 is 10.2 Å². The van der Waals surface area contributed by atoms with E-state index < -0.39 is 25.8 Å². The summed E-state index contributed by atoms with van der Waals surface area (Å²) in [5.41, 5.74) is 2.03. The summed E-state index contributed by atoms with van der Waals surface area (Å²) in [4.78, 5) is 12.2. The number of halogens is 2. The van der Waals surface area contributed by atoms with E-state index in [1.165, 1.54) is 26.0 Å². The Morgan fingerprint density at radius 3 is 2.47 bits per heavy atom. The van der Waals surface area contributed by atoms with Crippen LogP contribution in [0.3, 0.4) is 0 Å². The third-order valence-electron chi connectivity index (χ3n) is 6.06. The normalized spacial score (nSPS) is 18.1. The molecule has 1 aliphatic heterocycles. The quantitative estimate of drug-likeness (QED) is 0.704. The van der Waals surface area contributed by atoms with Crippen molar-refractivity contribution in [2.75, 3.05) is 0 Å². The molecule has 0 saturated carbocycles. The Hall–Kier alpha value is -2.83. The molecule has 1 aliphatic carbocycles. The molecule has 2 aromatic rings. The van der Waals surface area contributed by atoms with Crippen molar-refractivity contribution in [2.45, 2.75) is 33.0 Å². The van der Waals surface area contributed by atoms with E-state index in [0.29, 0.717) is 11.1 Å². The molecule has 0 radical (unpaired) electrons. The molecule has 154 valence electrons. The topological polar surface area (TPSA) is 57.5 Å². The summed E-state index contributed by atoms with van der Waals surface area (Å²) in [7, 11) is -2.38. The van der Waals surface area contributed by atoms with Crippen molar-refractivity contribution in [3.05, 3.63) is 87.2 Å². The number of carbonyl (C=O) groups is 1. The lowest BCUT2D eigenvalue weighted by Crippen LogP contribution is -2.49. The maximum atomic E-state index is 15.4. The maximum Gasteiger partial charge on any atom is 0.178 e. The fourth-order valence-corrected chi connectivity index (χ4v) is 7.54. The summed E-state index contributed by atoms with van der Waals surface area (Å²) in [5, 5.41) is 21.6. The molecule has 0 spiro atoms. The fourth-order valence-electron chi connectivity index (χ4n) is 4.47. The number of benzene rings is 2. The van der Waals surface area contributed by atoms with Gasteiger partial charge >= 0.3 is 0 Å². The molecule has 0 fully saturated rings. The number of fused-ring (bicyclic) bond motifs is 2. The Kier molecular flexibility index (Phi) is 4.67. The highest BCUT2D eigenvalue weighted by Crippen LogP contribution is 2.44. The van der Waals surface area contributed by atoms with E-state index in [0.717, 1.165) is 22.0 Å². The number of ketones is 1. The van der Waals surface area contributed by atoms with Crippen LogP contribution >= 0.6 is 0 Å². The summed E-state index contributed by atoms with van der Waals surface area (Å²) < 4.78 is 30.4. The van der Waals surface area contributed by atoms with Gasteiger partial charge in [-0.2, -0.15) is 0 Å². The average Bonchev–Trinajstić information content (AvgIpc) is 2.67. The highest BCUT2D eigenvalue weighted by Gasteiger charge is 2.41. The van der Waals surface area contributed by atoms with Gasteiger partial charge in [-0.05, 0) is 76.9 Å². The molecular weight excluding hydrogens is 402 g/mol. The monoisotopic (exact) mass is 424 g/mol. The first-order valence-corrected chi connectivity index (χ1v) is 12.7. The average molecular weight is 425 g/mol. The van der Waals surface area contributed by atoms with E-state index in [4.69, 9.17) is 0 Å². The first-order chi connectivity index (χ1) is 14.0. The molecule has 30 heavy (non-hydrogen) atoms. The van der Waals surface area contributed by atoms with Crippen LogP contribution in [-0.2, 0) is 4.79 Å². The van der Waals surface area contributed by atoms with Gasteiger partial charge in [0.1, 0.15) is 25.5 Å². The Labute approximate surface area is 174 Å². The highest BCUT2D eigenvalue weighted by atomic mass is 28.3. The number of aliphatic hydroxyl groups excluding tert-OH is 1. The van der Waals surface area contributed by atoms with E-state index >= 15 is 8.78 Å². The van der Waals surface area contributed by atoms with Crippen molar-refractivity contribution in [1.82, 2.24) is 0 Å². The lowest BCUT2D eigenvalue weighted by molar-refractivity contribution is -0.110. The highest BCUT2D eigenvalue weighted by molar-refractivity contribution is 6.98. The largest absolute Gasteiger partial charge is 0.508 e. The van der Waals surface area contributed by atoms with E-state index in [1.54, 1.807) is 24.3 Å². The maximum absolute atomic E-state index is 15.4. The van der Waals surface area contributed by atoms with Crippen molar-refractivity contribution in [3.8, 4) is 5.75 Å². The Bertz CT molecular complexity index is 1200. The number of phenolic OH excluding ortho intramolecular Hbond substituents is 1. The minimum Gasteiger partial charge on any atom is -0.508 e. The van der Waals surface area contributed by atoms with Crippen LogP contribution in [0.1, 0.15) is 35.3 Å². The minimum absolute atomic E-state index is 0.0863. The summed E-state index contributed by atoms with van der Waals surface area (Å²) >= 11 is 0. The SMILES string of the molecule is Cc1c(F)c(C(C)O)cc(F)c1C1=C2C=CC(=O)C=C2[Si](C)(C)c2cc(O)ccc21. The third kappa shape index (κ3) is 2.90. The summed E-state index contributed by atoms with van der Waals surface area (Å²) in [6, 6.07) is 5.95. The van der Waals surface area contributed by atoms with E-state index in [9.17, 15) is 15.0 Å². The standard InChI is InChI=1S/C24H22F2O3Si/c1-12-22(19(25)11-18(13(2)27)24(12)26)23-16-7-5-14(28)9-20(16)30(3,4)21-10-15(29)6-8-17(21)23/h5-11,13,27-28H,1-4H3. The van der Waals surface area contributed by atoms with Gasteiger partial charge in [0.25, 0.3) is 0 Å². The minimum atomic E-state index is -2.38. The zero-order valence-corrected chi connectivity index (χ0v) is 18.2. The zero-order valence-electron chi connectivity index (χ0n) is 17.2. The van der Waals surface area contributed by atoms with Crippen molar-refractivity contribution in [3.63, 3.8) is 0 Å². The lowest BCUT2D eigenvalue weighted by Gasteiger charge is -2.38. The number of allylic oxidation sites excluding steroid dienone is 5. The third-order valence-corrected chi connectivity index (χ3v) is 9.58. The molecule has 0 bridgehead atoms. The Morgan fingerprint density at radius 1 is 1.10 bits per heavy atom. The number of hydrogen-bond acceptors (Lipinski definition) is 3. The number of carbonyl (C=O) groups excluding carboxylic acids is 1. The van der Waals surface area contributed by atoms with Crippen molar-refractivity contribution < 1.29 is 23.8 Å². The molecule has 1 atom stereocenters. The molecule has 0 saturated heterocycles. The number of aromatic hydroxyl groups is 1. The molecule has 0 amide bonds. The molecule has 1 unspecified atom stereocenters. The van der Waals surface area contributed by atoms with Crippen molar-refractivity contribution >= 4 is 24.6 Å². The first-order valence-electron chi connectivity index (χ1n) is 9.73. The van der Waals surface area contributed by atoms with Crippen LogP contribution < -0.4 is 5.19 Å². The fraction of sp³-hybridized carbons (Fsp3) is 0.208. The van der Waals surface area contributed by atoms with E-state index in [-0.39, 0.29) is 28.2 Å². The summed E-state index contributed by atoms with van der Waals surface area (Å²) in [6.45, 7) is 7.02. The van der Waals surface area contributed by atoms with Gasteiger partial charge in [0.05, 0.1) is 6.10 Å². The van der Waals surface area contributed by atoms with Gasteiger partial charge in [-0.15, -0.1) is 0 Å². The van der Waals surface area contributed by atoms with Crippen LogP contribution in [-0.4, -0.2) is 24.1 Å². The molecule has 6 heteroatoms. The first kappa shape index (κ1) is 20.4. The summed E-state index contributed by atoms with van der Waals surface area (Å²) in [5.74, 6) is -1.36. The van der Waals surface area contributed by atoms with Crippen LogP contribution in [0.2, 0.25) is 13.1 Å². The van der Waals surface area contributed by atoms with Gasteiger partial charge in [-0.25, -0.2) is 8.78 Å². The smallest absolute Gasteiger partial charge is 0.178 e. The van der Waals surface area contributed by atoms with E-state index in [2.05, 4.69) is 13.1 Å². The second-order valence-electron chi connectivity index (χ2n) is 8.37. The molecule has 2 N–H and O–H groups in total. The lowest BCUT2D eigenvalue weighted by atomic mass is 9.86. The van der Waals surface area contributed by atoms with Gasteiger partial charge in [-0.1, -0.05) is 25.2 Å². The van der Waals surface area contributed by atoms with Gasteiger partial charge in [0.2, 0.25) is 0 Å². The second-order valence-corrected chi connectivity index (χ2v) is 12.7. The molecular formula is C24H22F2O3Si. The predicted molar refractivity (Wildman–Crippen MR) is 115 cm³/mol. The molecule has 1 heterocycles. The van der Waals surface area contributed by atoms with E-state index in [1.807, 2.05) is 0 Å². The Balaban J connectivity index is 2.15. The second kappa shape index (κ2) is 6.86. The van der Waals surface area contributed by atoms with Gasteiger partial charge in [0.15, 0.2) is 5.78 Å².